The van der Waals surface area contributed by atoms with Crippen LogP contribution < -0.4 is 5.32 Å². The Hall–Kier alpha value is -2.45. The summed E-state index contributed by atoms with van der Waals surface area (Å²) in [6.45, 7) is -0.620. The number of rotatable bonds is 6. The van der Waals surface area contributed by atoms with E-state index in [4.69, 9.17) is 11.6 Å². The fourth-order valence-corrected chi connectivity index (χ4v) is 4.47. The maximum Gasteiger partial charge on any atom is 0.399 e. The smallest absolute Gasteiger partial charge is 0.387 e. The summed E-state index contributed by atoms with van der Waals surface area (Å²) in [5, 5.41) is 13.8. The van der Waals surface area contributed by atoms with Gasteiger partial charge in [0.1, 0.15) is 16.7 Å². The molecule has 9 heteroatoms. The van der Waals surface area contributed by atoms with Gasteiger partial charge in [-0.05, 0) is 49.1 Å². The lowest BCUT2D eigenvalue weighted by molar-refractivity contribution is -0.280. The first kappa shape index (κ1) is 21.8. The van der Waals surface area contributed by atoms with Crippen LogP contribution in [-0.2, 0) is 0 Å². The molecule has 3 aromatic rings. The van der Waals surface area contributed by atoms with Gasteiger partial charge in [0.25, 0.3) is 0 Å². The van der Waals surface area contributed by atoms with Gasteiger partial charge in [-0.3, -0.25) is 9.97 Å². The van der Waals surface area contributed by atoms with E-state index in [1.807, 2.05) is 0 Å². The summed E-state index contributed by atoms with van der Waals surface area (Å²) in [6, 6.07) is 8.06. The first-order valence-electron chi connectivity index (χ1n) is 9.87. The molecule has 1 heterocycles. The minimum absolute atomic E-state index is 0.113. The molecule has 0 radical (unpaired) electrons. The van der Waals surface area contributed by atoms with Gasteiger partial charge in [0.15, 0.2) is 0 Å². The molecule has 0 amide bonds. The van der Waals surface area contributed by atoms with Crippen molar-refractivity contribution in [1.29, 1.82) is 0 Å². The number of halogens is 5. The fraction of sp³-hybridized carbons (Fsp3) is 0.364. The van der Waals surface area contributed by atoms with E-state index in [1.165, 1.54) is 12.4 Å². The van der Waals surface area contributed by atoms with Crippen molar-refractivity contribution in [3.05, 3.63) is 65.2 Å². The maximum absolute atomic E-state index is 14.7. The van der Waals surface area contributed by atoms with E-state index in [-0.39, 0.29) is 10.6 Å². The third kappa shape index (κ3) is 3.83. The van der Waals surface area contributed by atoms with Crippen LogP contribution in [0.4, 0.5) is 23.2 Å². The van der Waals surface area contributed by atoms with Crippen molar-refractivity contribution in [1.82, 2.24) is 9.97 Å². The number of benzene rings is 2. The Morgan fingerprint density at radius 3 is 2.55 bits per heavy atom. The summed E-state index contributed by atoms with van der Waals surface area (Å²) in [7, 11) is 0. The van der Waals surface area contributed by atoms with E-state index in [2.05, 4.69) is 15.3 Å². The number of aliphatic hydroxyl groups excluding tert-OH is 1. The molecule has 0 spiro atoms. The van der Waals surface area contributed by atoms with Gasteiger partial charge in [-0.1, -0.05) is 24.1 Å². The Bertz CT molecular complexity index is 1080. The first-order valence-corrected chi connectivity index (χ1v) is 10.2. The number of fused-ring (bicyclic) bond motifs is 1. The highest BCUT2D eigenvalue weighted by atomic mass is 35.5. The van der Waals surface area contributed by atoms with Crippen molar-refractivity contribution in [2.24, 2.45) is 11.3 Å². The molecule has 0 aliphatic heterocycles. The molecule has 2 N–H and O–H groups in total. The highest BCUT2D eigenvalue weighted by molar-refractivity contribution is 6.31. The lowest BCUT2D eigenvalue weighted by Gasteiger charge is -2.49. The number of alkyl halides is 3. The average molecular weight is 454 g/mol. The zero-order chi connectivity index (χ0) is 22.2. The quantitative estimate of drug-likeness (QED) is 0.455. The molecular formula is C22H20ClF4N3O. The molecule has 4 rings (SSSR count). The Kier molecular flexibility index (Phi) is 5.79. The van der Waals surface area contributed by atoms with Crippen molar-refractivity contribution in [3.63, 3.8) is 0 Å². The van der Waals surface area contributed by atoms with Gasteiger partial charge in [-0.25, -0.2) is 4.39 Å². The van der Waals surface area contributed by atoms with E-state index < -0.39 is 36.0 Å². The molecule has 2 atom stereocenters. The molecular weight excluding hydrogens is 434 g/mol. The Morgan fingerprint density at radius 2 is 1.87 bits per heavy atom. The van der Waals surface area contributed by atoms with Crippen LogP contribution in [0.25, 0.3) is 11.0 Å². The van der Waals surface area contributed by atoms with Gasteiger partial charge in [0.2, 0.25) is 0 Å². The lowest BCUT2D eigenvalue weighted by Crippen LogP contribution is -2.55. The number of nitrogens with zero attached hydrogens (tertiary/aromatic N) is 2. The van der Waals surface area contributed by atoms with Crippen LogP contribution in [0.1, 0.15) is 30.9 Å². The normalized spacial score (nSPS) is 17.7. The second-order valence-electron chi connectivity index (χ2n) is 7.82. The molecule has 1 aromatic heterocycles. The summed E-state index contributed by atoms with van der Waals surface area (Å²) in [5.41, 5.74) is -1.51. The summed E-state index contributed by atoms with van der Waals surface area (Å²) in [5.74, 6) is -1.60. The van der Waals surface area contributed by atoms with Crippen molar-refractivity contribution in [2.45, 2.75) is 31.5 Å². The van der Waals surface area contributed by atoms with Gasteiger partial charge in [0.05, 0.1) is 17.3 Å². The molecule has 2 unspecified atom stereocenters. The molecule has 1 aliphatic carbocycles. The predicted octanol–water partition coefficient (Wildman–Crippen LogP) is 5.92. The summed E-state index contributed by atoms with van der Waals surface area (Å²) in [4.78, 5) is 8.38. The second kappa shape index (κ2) is 8.24. The monoisotopic (exact) mass is 453 g/mol. The van der Waals surface area contributed by atoms with Gasteiger partial charge in [-0.2, -0.15) is 13.2 Å². The van der Waals surface area contributed by atoms with Gasteiger partial charge < -0.3 is 10.4 Å². The molecule has 1 fully saturated rings. The number of hydrogen-bond donors (Lipinski definition) is 2. The highest BCUT2D eigenvalue weighted by Crippen LogP contribution is 2.58. The van der Waals surface area contributed by atoms with Crippen LogP contribution >= 0.6 is 11.6 Å². The number of para-hydroxylation sites is 1. The van der Waals surface area contributed by atoms with Crippen LogP contribution in [0.15, 0.2) is 48.8 Å². The third-order valence-corrected chi connectivity index (χ3v) is 6.52. The molecule has 2 aromatic carbocycles. The number of nitrogens with one attached hydrogen (secondary N) is 1. The minimum atomic E-state index is -4.78. The van der Waals surface area contributed by atoms with Crippen LogP contribution in [0.2, 0.25) is 5.02 Å². The predicted molar refractivity (Wildman–Crippen MR) is 110 cm³/mol. The molecule has 1 aliphatic rings. The van der Waals surface area contributed by atoms with E-state index in [0.29, 0.717) is 36.0 Å². The largest absolute Gasteiger partial charge is 0.399 e. The van der Waals surface area contributed by atoms with Crippen LogP contribution in [0.5, 0.6) is 0 Å². The van der Waals surface area contributed by atoms with Crippen molar-refractivity contribution < 1.29 is 22.7 Å². The van der Waals surface area contributed by atoms with Crippen molar-refractivity contribution in [3.8, 4) is 0 Å². The molecule has 31 heavy (non-hydrogen) atoms. The zero-order valence-corrected chi connectivity index (χ0v) is 17.1. The average Bonchev–Trinajstić information content (AvgIpc) is 2.70. The lowest BCUT2D eigenvalue weighted by atomic mass is 9.60. The SMILES string of the molecule is OC(c1cc(F)ccc1Cl)C(CNc1cccc2nccnc12)(C1CCC1)C(F)(F)F. The summed E-state index contributed by atoms with van der Waals surface area (Å²) in [6.07, 6.45) is -2.63. The standard InChI is InChI=1S/C22H20ClF4N3O/c23-16-8-7-14(24)11-15(16)20(31)21(22(25,26)27,13-3-1-4-13)12-30-18-6-2-5-17-19(18)29-10-9-28-17/h2,5-11,13,20,30-31H,1,3-4,12H2. The number of hydrogen-bond acceptors (Lipinski definition) is 4. The molecule has 4 nitrogen and oxygen atoms in total. The highest BCUT2D eigenvalue weighted by Gasteiger charge is 2.64. The molecule has 1 saturated carbocycles. The Labute approximate surface area is 181 Å². The van der Waals surface area contributed by atoms with E-state index >= 15 is 0 Å². The maximum atomic E-state index is 14.7. The van der Waals surface area contributed by atoms with Crippen LogP contribution in [0.3, 0.4) is 0 Å². The molecule has 164 valence electrons. The van der Waals surface area contributed by atoms with Crippen molar-refractivity contribution in [2.75, 3.05) is 11.9 Å². The molecule has 0 bridgehead atoms. The van der Waals surface area contributed by atoms with Gasteiger partial charge in [-0.15, -0.1) is 0 Å². The number of aliphatic hydroxyl groups is 1. The zero-order valence-electron chi connectivity index (χ0n) is 16.3. The van der Waals surface area contributed by atoms with E-state index in [0.717, 1.165) is 18.2 Å². The van der Waals surface area contributed by atoms with E-state index in [9.17, 15) is 22.7 Å². The molecule has 0 saturated heterocycles. The summed E-state index contributed by atoms with van der Waals surface area (Å²) < 4.78 is 57.8. The summed E-state index contributed by atoms with van der Waals surface area (Å²) >= 11 is 6.08. The van der Waals surface area contributed by atoms with Crippen LogP contribution in [0, 0.1) is 17.2 Å². The Balaban J connectivity index is 1.78. The van der Waals surface area contributed by atoms with Crippen LogP contribution in [-0.4, -0.2) is 27.8 Å². The Morgan fingerprint density at radius 1 is 1.13 bits per heavy atom. The van der Waals surface area contributed by atoms with E-state index in [1.54, 1.807) is 18.2 Å². The van der Waals surface area contributed by atoms with Gasteiger partial charge >= 0.3 is 6.18 Å². The third-order valence-electron chi connectivity index (χ3n) is 6.17. The topological polar surface area (TPSA) is 58.0 Å². The first-order chi connectivity index (χ1) is 14.7. The van der Waals surface area contributed by atoms with Crippen molar-refractivity contribution >= 4 is 28.3 Å². The second-order valence-corrected chi connectivity index (χ2v) is 8.22. The minimum Gasteiger partial charge on any atom is -0.387 e. The number of aromatic nitrogens is 2. The fourth-order valence-electron chi connectivity index (χ4n) is 4.25. The number of anilines is 1. The van der Waals surface area contributed by atoms with Gasteiger partial charge in [0, 0.05) is 29.5 Å².